The predicted molar refractivity (Wildman–Crippen MR) is 96.7 cm³/mol. The number of carbonyl (C=O) groups is 1. The van der Waals surface area contributed by atoms with Gasteiger partial charge < -0.3 is 4.74 Å². The van der Waals surface area contributed by atoms with Crippen LogP contribution >= 0.6 is 0 Å². The van der Waals surface area contributed by atoms with Gasteiger partial charge in [-0.05, 0) is 36.5 Å². The fourth-order valence-electron chi connectivity index (χ4n) is 3.14. The molecule has 2 heteroatoms. The summed E-state index contributed by atoms with van der Waals surface area (Å²) in [4.78, 5) is 12.3. The fourth-order valence-corrected chi connectivity index (χ4v) is 3.14. The summed E-state index contributed by atoms with van der Waals surface area (Å²) in [6, 6.07) is 20.3. The Balaban J connectivity index is 1.63. The fraction of sp³-hybridized carbons (Fsp3) is 0.227. The lowest BCUT2D eigenvalue weighted by Crippen LogP contribution is -2.10. The molecule has 0 spiro atoms. The summed E-state index contributed by atoms with van der Waals surface area (Å²) in [6.45, 7) is 3.89. The number of benzene rings is 2. The average Bonchev–Trinajstić information content (AvgIpc) is 2.98. The van der Waals surface area contributed by atoms with Gasteiger partial charge in [-0.3, -0.25) is 0 Å². The molecule has 0 aliphatic carbocycles. The first-order chi connectivity index (χ1) is 11.8. The van der Waals surface area contributed by atoms with Gasteiger partial charge in [0.2, 0.25) is 0 Å². The van der Waals surface area contributed by atoms with E-state index < -0.39 is 0 Å². The van der Waals surface area contributed by atoms with E-state index in [0.717, 1.165) is 24.8 Å². The highest BCUT2D eigenvalue weighted by molar-refractivity contribution is 5.93. The van der Waals surface area contributed by atoms with Crippen molar-refractivity contribution in [2.75, 3.05) is 0 Å². The molecular weight excluding hydrogens is 296 g/mol. The number of ether oxygens (including phenoxy) is 1. The maximum absolute atomic E-state index is 12.3. The highest BCUT2D eigenvalue weighted by Crippen LogP contribution is 2.31. The maximum atomic E-state index is 12.3. The van der Waals surface area contributed by atoms with Crippen LogP contribution in [0.4, 0.5) is 0 Å². The van der Waals surface area contributed by atoms with Crippen molar-refractivity contribution in [2.24, 2.45) is 0 Å². The normalized spacial score (nSPS) is 17.9. The Kier molecular flexibility index (Phi) is 5.27. The number of esters is 1. The van der Waals surface area contributed by atoms with Crippen molar-refractivity contribution in [3.63, 3.8) is 0 Å². The molecule has 3 rings (SSSR count). The van der Waals surface area contributed by atoms with E-state index in [-0.39, 0.29) is 18.0 Å². The van der Waals surface area contributed by atoms with Crippen LogP contribution in [0.2, 0.25) is 0 Å². The van der Waals surface area contributed by atoms with Gasteiger partial charge in [-0.2, -0.15) is 0 Å². The molecule has 1 aliphatic rings. The summed E-state index contributed by atoms with van der Waals surface area (Å²) in [6.07, 6.45) is 6.52. The topological polar surface area (TPSA) is 26.3 Å². The molecule has 24 heavy (non-hydrogen) atoms. The van der Waals surface area contributed by atoms with Crippen LogP contribution in [-0.2, 0) is 16.0 Å². The first-order valence-corrected chi connectivity index (χ1v) is 8.42. The maximum Gasteiger partial charge on any atom is 0.335 e. The Hall–Kier alpha value is -2.61. The van der Waals surface area contributed by atoms with E-state index in [9.17, 15) is 4.79 Å². The van der Waals surface area contributed by atoms with Crippen molar-refractivity contribution in [1.82, 2.24) is 0 Å². The second-order valence-electron chi connectivity index (χ2n) is 6.07. The molecule has 0 saturated carbocycles. The lowest BCUT2D eigenvalue weighted by atomic mass is 9.91. The third-order valence-electron chi connectivity index (χ3n) is 4.39. The zero-order valence-electron chi connectivity index (χ0n) is 13.7. The number of cyclic esters (lactones) is 1. The van der Waals surface area contributed by atoms with Crippen molar-refractivity contribution in [1.29, 1.82) is 0 Å². The molecule has 1 aliphatic heterocycles. The van der Waals surface area contributed by atoms with Gasteiger partial charge in [0.1, 0.15) is 6.10 Å². The number of aryl methyl sites for hydroxylation is 1. The van der Waals surface area contributed by atoms with Gasteiger partial charge in [0, 0.05) is 11.5 Å². The summed E-state index contributed by atoms with van der Waals surface area (Å²) < 4.78 is 5.54. The molecule has 0 N–H and O–H groups in total. The van der Waals surface area contributed by atoms with Crippen molar-refractivity contribution < 1.29 is 9.53 Å². The Morgan fingerprint density at radius 3 is 2.38 bits per heavy atom. The van der Waals surface area contributed by atoms with E-state index in [4.69, 9.17) is 4.74 Å². The van der Waals surface area contributed by atoms with E-state index in [1.807, 2.05) is 48.6 Å². The van der Waals surface area contributed by atoms with Gasteiger partial charge in [-0.25, -0.2) is 4.79 Å². The average molecular weight is 318 g/mol. The largest absolute Gasteiger partial charge is 0.455 e. The van der Waals surface area contributed by atoms with Gasteiger partial charge in [0.05, 0.1) is 0 Å². The third-order valence-corrected chi connectivity index (χ3v) is 4.39. The standard InChI is InChI=1S/C22H22O2/c1-2-20(18-13-7-4-8-14-18)21-16-19(24-22(21)23)15-9-12-17-10-5-3-6-11-17/h2-8,10-11,13-14,16,19-20H,1,9,12,15H2. The van der Waals surface area contributed by atoms with E-state index in [1.165, 1.54) is 5.56 Å². The molecule has 0 bridgehead atoms. The van der Waals surface area contributed by atoms with Crippen molar-refractivity contribution >= 4 is 5.97 Å². The van der Waals surface area contributed by atoms with E-state index >= 15 is 0 Å². The Bertz CT molecular complexity index is 716. The van der Waals surface area contributed by atoms with Crippen molar-refractivity contribution in [3.8, 4) is 0 Å². The van der Waals surface area contributed by atoms with Gasteiger partial charge in [-0.15, -0.1) is 6.58 Å². The van der Waals surface area contributed by atoms with Crippen LogP contribution in [0.15, 0.2) is 85.0 Å². The first kappa shape index (κ1) is 16.3. The molecule has 0 amide bonds. The molecule has 0 fully saturated rings. The van der Waals surface area contributed by atoms with Gasteiger partial charge >= 0.3 is 5.97 Å². The van der Waals surface area contributed by atoms with Gasteiger partial charge in [0.25, 0.3) is 0 Å². The molecule has 0 radical (unpaired) electrons. The Morgan fingerprint density at radius 1 is 1.04 bits per heavy atom. The molecule has 2 aromatic rings. The summed E-state index contributed by atoms with van der Waals surface area (Å²) >= 11 is 0. The second-order valence-corrected chi connectivity index (χ2v) is 6.07. The monoisotopic (exact) mass is 318 g/mol. The zero-order chi connectivity index (χ0) is 16.8. The summed E-state index contributed by atoms with van der Waals surface area (Å²) in [5, 5.41) is 0. The van der Waals surface area contributed by atoms with Gasteiger partial charge in [-0.1, -0.05) is 66.7 Å². The third kappa shape index (κ3) is 3.83. The molecule has 2 nitrogen and oxygen atoms in total. The van der Waals surface area contributed by atoms with E-state index in [2.05, 4.69) is 30.8 Å². The van der Waals surface area contributed by atoms with Crippen LogP contribution in [0, 0.1) is 0 Å². The molecule has 122 valence electrons. The van der Waals surface area contributed by atoms with E-state index in [1.54, 1.807) is 0 Å². The highest BCUT2D eigenvalue weighted by atomic mass is 16.5. The quantitative estimate of drug-likeness (QED) is 0.540. The van der Waals surface area contributed by atoms with Crippen molar-refractivity contribution in [3.05, 3.63) is 96.1 Å². The molecule has 0 aromatic heterocycles. The van der Waals surface area contributed by atoms with Crippen LogP contribution in [0.1, 0.15) is 29.9 Å². The van der Waals surface area contributed by atoms with Crippen LogP contribution in [0.25, 0.3) is 0 Å². The molecule has 2 aromatic carbocycles. The predicted octanol–water partition coefficient (Wildman–Crippen LogP) is 4.83. The molecule has 1 heterocycles. The molecule has 2 atom stereocenters. The van der Waals surface area contributed by atoms with Crippen LogP contribution in [0.3, 0.4) is 0 Å². The summed E-state index contributed by atoms with van der Waals surface area (Å²) in [7, 11) is 0. The number of hydrogen-bond donors (Lipinski definition) is 0. The smallest absolute Gasteiger partial charge is 0.335 e. The minimum absolute atomic E-state index is 0.0992. The number of rotatable bonds is 7. The lowest BCUT2D eigenvalue weighted by molar-refractivity contribution is -0.140. The summed E-state index contributed by atoms with van der Waals surface area (Å²) in [5.74, 6) is -0.314. The van der Waals surface area contributed by atoms with Crippen LogP contribution in [-0.4, -0.2) is 12.1 Å². The number of allylic oxidation sites excluding steroid dienone is 1. The number of hydrogen-bond acceptors (Lipinski definition) is 2. The number of carbonyl (C=O) groups excluding carboxylic acids is 1. The highest BCUT2D eigenvalue weighted by Gasteiger charge is 2.30. The van der Waals surface area contributed by atoms with E-state index in [0.29, 0.717) is 5.57 Å². The summed E-state index contributed by atoms with van der Waals surface area (Å²) in [5.41, 5.74) is 3.10. The van der Waals surface area contributed by atoms with Crippen LogP contribution < -0.4 is 0 Å². The minimum atomic E-state index is -0.214. The zero-order valence-corrected chi connectivity index (χ0v) is 13.7. The van der Waals surface area contributed by atoms with Crippen molar-refractivity contribution in [2.45, 2.75) is 31.3 Å². The Morgan fingerprint density at radius 2 is 1.71 bits per heavy atom. The second kappa shape index (κ2) is 7.78. The molecule has 0 saturated heterocycles. The Labute approximate surface area is 143 Å². The molecule has 2 unspecified atom stereocenters. The SMILES string of the molecule is C=CC(C1=CC(CCCc2ccccc2)OC1=O)c1ccccc1. The first-order valence-electron chi connectivity index (χ1n) is 8.42. The van der Waals surface area contributed by atoms with Gasteiger partial charge in [0.15, 0.2) is 0 Å². The molecular formula is C22H22O2. The lowest BCUT2D eigenvalue weighted by Gasteiger charge is -2.11. The van der Waals surface area contributed by atoms with Crippen LogP contribution in [0.5, 0.6) is 0 Å². The minimum Gasteiger partial charge on any atom is -0.455 e.